The van der Waals surface area contributed by atoms with Crippen LogP contribution in [0.15, 0.2) is 48.8 Å². The number of carbonyl (C=O) groups excluding carboxylic acids is 1. The van der Waals surface area contributed by atoms with E-state index in [4.69, 9.17) is 0 Å². The Morgan fingerprint density at radius 3 is 2.86 bits per heavy atom. The average Bonchev–Trinajstić information content (AvgIpc) is 2.89. The van der Waals surface area contributed by atoms with Gasteiger partial charge in [0.05, 0.1) is 24.9 Å². The van der Waals surface area contributed by atoms with E-state index >= 15 is 0 Å². The maximum absolute atomic E-state index is 13.2. The molecule has 0 saturated carbocycles. The van der Waals surface area contributed by atoms with Crippen molar-refractivity contribution in [2.45, 2.75) is 6.54 Å². The molecule has 0 radical (unpaired) electrons. The number of pyridine rings is 1. The predicted octanol–water partition coefficient (Wildman–Crippen LogP) is 3.01. The molecule has 0 aliphatic rings. The zero-order chi connectivity index (χ0) is 14.8. The Balaban J connectivity index is 1.86. The zero-order valence-electron chi connectivity index (χ0n) is 11.4. The lowest BCUT2D eigenvalue weighted by molar-refractivity contribution is 0.0600. The lowest BCUT2D eigenvalue weighted by atomic mass is 10.2. The van der Waals surface area contributed by atoms with E-state index in [9.17, 15) is 9.18 Å². The summed E-state index contributed by atoms with van der Waals surface area (Å²) in [7, 11) is 1.33. The Morgan fingerprint density at radius 2 is 2.14 bits per heavy atom. The monoisotopic (exact) mass is 284 g/mol. The first-order valence-corrected chi connectivity index (χ1v) is 6.45. The summed E-state index contributed by atoms with van der Waals surface area (Å²) in [6.45, 7) is 0.552. The first-order valence-electron chi connectivity index (χ1n) is 6.45. The second-order valence-electron chi connectivity index (χ2n) is 4.68. The lowest BCUT2D eigenvalue weighted by Crippen LogP contribution is -2.04. The number of esters is 1. The smallest absolute Gasteiger partial charge is 0.339 e. The van der Waals surface area contributed by atoms with Crippen LogP contribution in [0, 0.1) is 5.82 Å². The van der Waals surface area contributed by atoms with E-state index in [-0.39, 0.29) is 5.82 Å². The minimum Gasteiger partial charge on any atom is -0.465 e. The summed E-state index contributed by atoms with van der Waals surface area (Å²) in [4.78, 5) is 15.6. The molecule has 5 heteroatoms. The minimum atomic E-state index is -0.407. The molecule has 2 heterocycles. The van der Waals surface area contributed by atoms with Gasteiger partial charge < -0.3 is 9.30 Å². The van der Waals surface area contributed by atoms with Crippen molar-refractivity contribution in [2.75, 3.05) is 7.11 Å². The number of nitrogens with zero attached hydrogens (tertiary/aromatic N) is 2. The van der Waals surface area contributed by atoms with Gasteiger partial charge in [0, 0.05) is 23.3 Å². The van der Waals surface area contributed by atoms with Gasteiger partial charge in [-0.2, -0.15) is 0 Å². The molecule has 21 heavy (non-hydrogen) atoms. The van der Waals surface area contributed by atoms with Gasteiger partial charge in [0.1, 0.15) is 5.82 Å². The third kappa shape index (κ3) is 2.63. The largest absolute Gasteiger partial charge is 0.465 e. The van der Waals surface area contributed by atoms with Gasteiger partial charge in [-0.1, -0.05) is 0 Å². The van der Waals surface area contributed by atoms with E-state index in [0.717, 1.165) is 16.6 Å². The Hall–Kier alpha value is -2.69. The number of hydrogen-bond acceptors (Lipinski definition) is 3. The summed E-state index contributed by atoms with van der Waals surface area (Å²) in [6.07, 6.45) is 3.38. The fraction of sp³-hybridized carbons (Fsp3) is 0.125. The number of carbonyl (C=O) groups is 1. The number of fused-ring (bicyclic) bond motifs is 1. The van der Waals surface area contributed by atoms with Gasteiger partial charge in [0.25, 0.3) is 0 Å². The van der Waals surface area contributed by atoms with Crippen LogP contribution >= 0.6 is 0 Å². The van der Waals surface area contributed by atoms with Crippen molar-refractivity contribution < 1.29 is 13.9 Å². The number of rotatable bonds is 3. The molecule has 1 aromatic carbocycles. The molecule has 0 aliphatic carbocycles. The number of methoxy groups -OCH3 is 1. The molecule has 2 aromatic heterocycles. The normalized spacial score (nSPS) is 10.8. The van der Waals surface area contributed by atoms with Gasteiger partial charge in [-0.25, -0.2) is 9.18 Å². The van der Waals surface area contributed by atoms with Gasteiger partial charge in [-0.3, -0.25) is 4.98 Å². The van der Waals surface area contributed by atoms with Gasteiger partial charge in [0.2, 0.25) is 0 Å². The van der Waals surface area contributed by atoms with Crippen LogP contribution in [-0.2, 0) is 11.3 Å². The predicted molar refractivity (Wildman–Crippen MR) is 76.6 cm³/mol. The molecule has 0 unspecified atom stereocenters. The van der Waals surface area contributed by atoms with E-state index in [1.54, 1.807) is 18.2 Å². The van der Waals surface area contributed by atoms with Crippen LogP contribution in [0.4, 0.5) is 4.39 Å². The summed E-state index contributed by atoms with van der Waals surface area (Å²) >= 11 is 0. The number of benzene rings is 1. The Bertz CT molecular complexity index is 794. The molecule has 0 bridgehead atoms. The number of halogens is 1. The van der Waals surface area contributed by atoms with Crippen LogP contribution < -0.4 is 0 Å². The van der Waals surface area contributed by atoms with Crippen molar-refractivity contribution in [3.8, 4) is 0 Å². The highest BCUT2D eigenvalue weighted by molar-refractivity contribution is 5.88. The molecule has 0 amide bonds. The van der Waals surface area contributed by atoms with Crippen LogP contribution in [0.2, 0.25) is 0 Å². The molecule has 0 spiro atoms. The quantitative estimate of drug-likeness (QED) is 0.694. The standard InChI is InChI=1S/C16H13FN2O2/c1-21-16(20)12-2-4-14(18-9-12)10-19-7-6-11-8-13(17)3-5-15(11)19/h2-9H,10H2,1H3. The highest BCUT2D eigenvalue weighted by atomic mass is 19.1. The summed E-state index contributed by atoms with van der Waals surface area (Å²) in [5.41, 5.74) is 2.17. The van der Waals surface area contributed by atoms with Crippen LogP contribution in [-0.4, -0.2) is 22.6 Å². The van der Waals surface area contributed by atoms with Gasteiger partial charge in [-0.15, -0.1) is 0 Å². The fourth-order valence-corrected chi connectivity index (χ4v) is 2.24. The fourth-order valence-electron chi connectivity index (χ4n) is 2.24. The first kappa shape index (κ1) is 13.3. The molecule has 0 fully saturated rings. The SMILES string of the molecule is COC(=O)c1ccc(Cn2ccc3cc(F)ccc32)nc1. The molecule has 3 aromatic rings. The molecule has 0 aliphatic heterocycles. The van der Waals surface area contributed by atoms with Crippen LogP contribution in [0.25, 0.3) is 10.9 Å². The Morgan fingerprint density at radius 1 is 1.29 bits per heavy atom. The van der Waals surface area contributed by atoms with Crippen molar-refractivity contribution in [2.24, 2.45) is 0 Å². The number of hydrogen-bond donors (Lipinski definition) is 0. The molecule has 0 atom stereocenters. The van der Waals surface area contributed by atoms with E-state index in [0.29, 0.717) is 12.1 Å². The highest BCUT2D eigenvalue weighted by Gasteiger charge is 2.07. The van der Waals surface area contributed by atoms with Crippen molar-refractivity contribution >= 4 is 16.9 Å². The summed E-state index contributed by atoms with van der Waals surface area (Å²) < 4.78 is 19.8. The molecule has 3 rings (SSSR count). The maximum Gasteiger partial charge on any atom is 0.339 e. The molecule has 0 N–H and O–H groups in total. The van der Waals surface area contributed by atoms with E-state index < -0.39 is 5.97 Å². The number of ether oxygens (including phenoxy) is 1. The van der Waals surface area contributed by atoms with Crippen LogP contribution in [0.1, 0.15) is 16.1 Å². The van der Waals surface area contributed by atoms with Crippen LogP contribution in [0.5, 0.6) is 0 Å². The lowest BCUT2D eigenvalue weighted by Gasteiger charge is -2.06. The summed E-state index contributed by atoms with van der Waals surface area (Å²) in [6, 6.07) is 10.0. The molecule has 0 saturated heterocycles. The zero-order valence-corrected chi connectivity index (χ0v) is 11.4. The average molecular weight is 284 g/mol. The third-order valence-corrected chi connectivity index (χ3v) is 3.31. The molecular weight excluding hydrogens is 271 g/mol. The van der Waals surface area contributed by atoms with Gasteiger partial charge >= 0.3 is 5.97 Å². The van der Waals surface area contributed by atoms with E-state index in [2.05, 4.69) is 9.72 Å². The van der Waals surface area contributed by atoms with Crippen molar-refractivity contribution in [1.29, 1.82) is 0 Å². The van der Waals surface area contributed by atoms with Crippen molar-refractivity contribution in [1.82, 2.24) is 9.55 Å². The second kappa shape index (κ2) is 5.36. The molecule has 4 nitrogen and oxygen atoms in total. The topological polar surface area (TPSA) is 44.1 Å². The third-order valence-electron chi connectivity index (χ3n) is 3.31. The molecule has 106 valence electrons. The Kier molecular flexibility index (Phi) is 3.39. The number of aromatic nitrogens is 2. The first-order chi connectivity index (χ1) is 10.2. The minimum absolute atomic E-state index is 0.249. The Labute approximate surface area is 120 Å². The van der Waals surface area contributed by atoms with Gasteiger partial charge in [-0.05, 0) is 36.4 Å². The summed E-state index contributed by atoms with van der Waals surface area (Å²) in [5.74, 6) is -0.656. The van der Waals surface area contributed by atoms with Gasteiger partial charge in [0.15, 0.2) is 0 Å². The van der Waals surface area contributed by atoms with Crippen molar-refractivity contribution in [3.05, 3.63) is 65.9 Å². The second-order valence-corrected chi connectivity index (χ2v) is 4.68. The van der Waals surface area contributed by atoms with Crippen LogP contribution in [0.3, 0.4) is 0 Å². The summed E-state index contributed by atoms with van der Waals surface area (Å²) in [5, 5.41) is 0.848. The highest BCUT2D eigenvalue weighted by Crippen LogP contribution is 2.18. The van der Waals surface area contributed by atoms with Crippen molar-refractivity contribution in [3.63, 3.8) is 0 Å². The van der Waals surface area contributed by atoms with E-state index in [1.807, 2.05) is 16.8 Å². The van der Waals surface area contributed by atoms with E-state index in [1.165, 1.54) is 25.4 Å². The molecular formula is C16H13FN2O2. The maximum atomic E-state index is 13.2.